The van der Waals surface area contributed by atoms with Crippen LogP contribution in [-0.2, 0) is 4.74 Å². The fraction of sp³-hybridized carbons (Fsp3) is 0.833. The fourth-order valence-corrected chi connectivity index (χ4v) is 1.03. The van der Waals surface area contributed by atoms with Crippen molar-refractivity contribution in [1.29, 1.82) is 0 Å². The van der Waals surface area contributed by atoms with Gasteiger partial charge in [-0.1, -0.05) is 0 Å². The Morgan fingerprint density at radius 2 is 2.55 bits per heavy atom. The van der Waals surface area contributed by atoms with E-state index in [2.05, 4.69) is 0 Å². The zero-order chi connectivity index (χ0) is 8.27. The van der Waals surface area contributed by atoms with Crippen LogP contribution >= 0.6 is 0 Å². The van der Waals surface area contributed by atoms with Gasteiger partial charge in [-0.3, -0.25) is 0 Å². The van der Waals surface area contributed by atoms with Crippen LogP contribution in [0, 0.1) is 0 Å². The van der Waals surface area contributed by atoms with Gasteiger partial charge in [0.1, 0.15) is 0 Å². The maximum absolute atomic E-state index is 10.6. The topological polar surface area (TPSA) is 75.8 Å². The Bertz CT molecular complexity index is 151. The number of urea groups is 1. The molecule has 2 amide bonds. The molecule has 11 heavy (non-hydrogen) atoms. The van der Waals surface area contributed by atoms with E-state index < -0.39 is 6.03 Å². The summed E-state index contributed by atoms with van der Waals surface area (Å²) in [6, 6.07) is -0.452. The lowest BCUT2D eigenvalue weighted by atomic mass is 10.3. The SMILES string of the molecule is NC(=O)N1CCOC(CO)C1. The average Bonchev–Trinajstić information content (AvgIpc) is 2.05. The molecule has 0 aromatic heterocycles. The zero-order valence-electron chi connectivity index (χ0n) is 6.19. The molecule has 3 N–H and O–H groups in total. The van der Waals surface area contributed by atoms with Crippen molar-refractivity contribution in [3.05, 3.63) is 0 Å². The summed E-state index contributed by atoms with van der Waals surface area (Å²) in [5.74, 6) is 0. The molecule has 0 aromatic carbocycles. The highest BCUT2D eigenvalue weighted by Crippen LogP contribution is 2.03. The lowest BCUT2D eigenvalue weighted by Gasteiger charge is -2.30. The lowest BCUT2D eigenvalue weighted by Crippen LogP contribution is -2.48. The summed E-state index contributed by atoms with van der Waals surface area (Å²) >= 11 is 0. The first-order valence-electron chi connectivity index (χ1n) is 3.51. The number of primary amides is 1. The van der Waals surface area contributed by atoms with E-state index in [0.717, 1.165) is 0 Å². The number of aliphatic hydroxyl groups excluding tert-OH is 1. The molecule has 1 saturated heterocycles. The molecule has 0 spiro atoms. The van der Waals surface area contributed by atoms with Crippen LogP contribution in [0.25, 0.3) is 0 Å². The first-order valence-corrected chi connectivity index (χ1v) is 3.51. The molecule has 64 valence electrons. The highest BCUT2D eigenvalue weighted by atomic mass is 16.5. The number of hydrogen-bond acceptors (Lipinski definition) is 3. The van der Waals surface area contributed by atoms with Crippen molar-refractivity contribution in [1.82, 2.24) is 4.90 Å². The summed E-state index contributed by atoms with van der Waals surface area (Å²) in [5.41, 5.74) is 5.03. The molecule has 0 aliphatic carbocycles. The Morgan fingerprint density at radius 3 is 3.09 bits per heavy atom. The normalized spacial score (nSPS) is 25.2. The van der Waals surface area contributed by atoms with Crippen LogP contribution in [-0.4, -0.2) is 48.4 Å². The molecule has 1 aliphatic rings. The van der Waals surface area contributed by atoms with Crippen LogP contribution < -0.4 is 5.73 Å². The van der Waals surface area contributed by atoms with Crippen molar-refractivity contribution in [2.45, 2.75) is 6.10 Å². The third-order valence-corrected chi connectivity index (χ3v) is 1.65. The molecule has 5 nitrogen and oxygen atoms in total. The van der Waals surface area contributed by atoms with Crippen LogP contribution in [0.15, 0.2) is 0 Å². The zero-order valence-corrected chi connectivity index (χ0v) is 6.19. The Hall–Kier alpha value is -0.810. The molecule has 0 bridgehead atoms. The molecule has 1 heterocycles. The maximum atomic E-state index is 10.6. The summed E-state index contributed by atoms with van der Waals surface area (Å²) < 4.78 is 5.11. The van der Waals surface area contributed by atoms with E-state index in [1.165, 1.54) is 4.90 Å². The number of amides is 2. The Morgan fingerprint density at radius 1 is 1.82 bits per heavy atom. The van der Waals surface area contributed by atoms with Crippen LogP contribution in [0.5, 0.6) is 0 Å². The summed E-state index contributed by atoms with van der Waals surface area (Å²) in [6.45, 7) is 1.30. The van der Waals surface area contributed by atoms with Crippen LogP contribution in [0.1, 0.15) is 0 Å². The second-order valence-electron chi connectivity index (χ2n) is 2.46. The summed E-state index contributed by atoms with van der Waals surface area (Å²) in [6.07, 6.45) is -0.267. The van der Waals surface area contributed by atoms with Gasteiger partial charge < -0.3 is 20.5 Å². The number of aliphatic hydroxyl groups is 1. The average molecular weight is 160 g/mol. The molecule has 0 saturated carbocycles. The molecule has 1 aliphatic heterocycles. The highest BCUT2D eigenvalue weighted by molar-refractivity contribution is 5.72. The van der Waals surface area contributed by atoms with Gasteiger partial charge in [0.05, 0.1) is 25.9 Å². The van der Waals surface area contributed by atoms with Gasteiger partial charge in [0.15, 0.2) is 0 Å². The van der Waals surface area contributed by atoms with Crippen molar-refractivity contribution in [2.24, 2.45) is 5.73 Å². The van der Waals surface area contributed by atoms with Crippen molar-refractivity contribution in [3.8, 4) is 0 Å². The second-order valence-corrected chi connectivity index (χ2v) is 2.46. The maximum Gasteiger partial charge on any atom is 0.314 e. The smallest absolute Gasteiger partial charge is 0.314 e. The Kier molecular flexibility index (Phi) is 2.67. The minimum absolute atomic E-state index is 0.0657. The monoisotopic (exact) mass is 160 g/mol. The van der Waals surface area contributed by atoms with Gasteiger partial charge in [-0.25, -0.2) is 4.79 Å². The van der Waals surface area contributed by atoms with Crippen molar-refractivity contribution in [2.75, 3.05) is 26.3 Å². The fourth-order valence-electron chi connectivity index (χ4n) is 1.03. The van der Waals surface area contributed by atoms with Gasteiger partial charge in [0.2, 0.25) is 0 Å². The van der Waals surface area contributed by atoms with Crippen LogP contribution in [0.2, 0.25) is 0 Å². The van der Waals surface area contributed by atoms with E-state index in [9.17, 15) is 4.79 Å². The third-order valence-electron chi connectivity index (χ3n) is 1.65. The standard InChI is InChI=1S/C6H12N2O3/c7-6(10)8-1-2-11-5(3-8)4-9/h5,9H,1-4H2,(H2,7,10). The first-order chi connectivity index (χ1) is 5.24. The van der Waals surface area contributed by atoms with Gasteiger partial charge in [-0.15, -0.1) is 0 Å². The number of morpholine rings is 1. The number of ether oxygens (including phenoxy) is 1. The van der Waals surface area contributed by atoms with E-state index in [4.69, 9.17) is 15.6 Å². The third kappa shape index (κ3) is 2.06. The van der Waals surface area contributed by atoms with Crippen molar-refractivity contribution in [3.63, 3.8) is 0 Å². The molecule has 1 unspecified atom stereocenters. The van der Waals surface area contributed by atoms with Crippen LogP contribution in [0.4, 0.5) is 4.79 Å². The molecule has 5 heteroatoms. The minimum Gasteiger partial charge on any atom is -0.394 e. The minimum atomic E-state index is -0.452. The highest BCUT2D eigenvalue weighted by Gasteiger charge is 2.21. The molecular formula is C6H12N2O3. The van der Waals surface area contributed by atoms with Gasteiger partial charge in [-0.05, 0) is 0 Å². The summed E-state index contributed by atoms with van der Waals surface area (Å²) in [4.78, 5) is 12.1. The molecular weight excluding hydrogens is 148 g/mol. The quantitative estimate of drug-likeness (QED) is 0.503. The predicted octanol–water partition coefficient (Wildman–Crippen LogP) is -1.24. The number of nitrogens with zero attached hydrogens (tertiary/aromatic N) is 1. The van der Waals surface area contributed by atoms with E-state index in [1.807, 2.05) is 0 Å². The number of carbonyl (C=O) groups is 1. The predicted molar refractivity (Wildman–Crippen MR) is 38.0 cm³/mol. The molecule has 0 radical (unpaired) electrons. The van der Waals surface area contributed by atoms with Gasteiger partial charge in [0, 0.05) is 6.54 Å². The van der Waals surface area contributed by atoms with Gasteiger partial charge in [0.25, 0.3) is 0 Å². The number of rotatable bonds is 1. The second kappa shape index (κ2) is 3.54. The van der Waals surface area contributed by atoms with Crippen LogP contribution in [0.3, 0.4) is 0 Å². The van der Waals surface area contributed by atoms with E-state index in [1.54, 1.807) is 0 Å². The number of carbonyl (C=O) groups excluding carboxylic acids is 1. The molecule has 1 fully saturated rings. The Balaban J connectivity index is 2.39. The Labute approximate surface area is 64.7 Å². The van der Waals surface area contributed by atoms with Crippen molar-refractivity contribution >= 4 is 6.03 Å². The summed E-state index contributed by atoms with van der Waals surface area (Å²) in [5, 5.41) is 8.69. The summed E-state index contributed by atoms with van der Waals surface area (Å²) in [7, 11) is 0. The van der Waals surface area contributed by atoms with E-state index in [-0.39, 0.29) is 12.7 Å². The number of nitrogens with two attached hydrogens (primary N) is 1. The van der Waals surface area contributed by atoms with E-state index >= 15 is 0 Å². The van der Waals surface area contributed by atoms with Crippen molar-refractivity contribution < 1.29 is 14.6 Å². The number of hydrogen-bond donors (Lipinski definition) is 2. The molecule has 1 rings (SSSR count). The first kappa shape index (κ1) is 8.29. The molecule has 0 aromatic rings. The lowest BCUT2D eigenvalue weighted by molar-refractivity contribution is -0.0393. The largest absolute Gasteiger partial charge is 0.394 e. The van der Waals surface area contributed by atoms with Gasteiger partial charge >= 0.3 is 6.03 Å². The van der Waals surface area contributed by atoms with E-state index in [0.29, 0.717) is 19.7 Å². The molecule has 1 atom stereocenters. The van der Waals surface area contributed by atoms with Gasteiger partial charge in [-0.2, -0.15) is 0 Å².